The number of halogens is 2. The number of nitrogens with zero attached hydrogens (tertiary/aromatic N) is 1. The molecule has 2 aromatic rings. The highest BCUT2D eigenvalue weighted by Crippen LogP contribution is 2.29. The van der Waals surface area contributed by atoms with Crippen molar-refractivity contribution in [3.8, 4) is 11.1 Å². The zero-order chi connectivity index (χ0) is 15.7. The van der Waals surface area contributed by atoms with E-state index >= 15 is 0 Å². The van der Waals surface area contributed by atoms with Gasteiger partial charge in [0.1, 0.15) is 18.4 Å². The second-order valence-corrected chi connectivity index (χ2v) is 5.50. The maximum atomic E-state index is 14.4. The van der Waals surface area contributed by atoms with Gasteiger partial charge in [-0.3, -0.25) is 0 Å². The van der Waals surface area contributed by atoms with E-state index in [0.717, 1.165) is 12.2 Å². The molecular weight excluding hydrogens is 286 g/mol. The Morgan fingerprint density at radius 2 is 2.00 bits per heavy atom. The predicted molar refractivity (Wildman–Crippen MR) is 82.4 cm³/mol. The number of anilines is 1. The lowest BCUT2D eigenvalue weighted by Gasteiger charge is -2.17. The van der Waals surface area contributed by atoms with E-state index in [0.29, 0.717) is 23.4 Å². The number of hydrogen-bond acceptors (Lipinski definition) is 3. The van der Waals surface area contributed by atoms with E-state index in [1.165, 1.54) is 12.1 Å². The highest BCUT2D eigenvalue weighted by Gasteiger charge is 2.20. The molecule has 116 valence electrons. The van der Waals surface area contributed by atoms with Crippen molar-refractivity contribution < 1.29 is 13.5 Å². The Morgan fingerprint density at radius 3 is 2.59 bits per heavy atom. The van der Waals surface area contributed by atoms with Gasteiger partial charge in [-0.1, -0.05) is 12.1 Å². The van der Waals surface area contributed by atoms with Gasteiger partial charge in [0, 0.05) is 29.9 Å². The summed E-state index contributed by atoms with van der Waals surface area (Å²) in [6.45, 7) is 3.30. The minimum Gasteiger partial charge on any atom is -0.356 e. The van der Waals surface area contributed by atoms with Crippen molar-refractivity contribution in [2.24, 2.45) is 5.73 Å². The van der Waals surface area contributed by atoms with Crippen LogP contribution in [0.3, 0.4) is 0 Å². The molecule has 3 nitrogen and oxygen atoms in total. The van der Waals surface area contributed by atoms with Crippen LogP contribution < -0.4 is 10.6 Å². The molecule has 1 aliphatic rings. The second-order valence-electron chi connectivity index (χ2n) is 5.50. The van der Waals surface area contributed by atoms with Crippen LogP contribution in [-0.4, -0.2) is 19.4 Å². The highest BCUT2D eigenvalue weighted by molar-refractivity contribution is 5.67. The molecule has 0 radical (unpaired) electrons. The number of nitrogens with two attached hydrogens (primary N) is 1. The third-order valence-corrected chi connectivity index (χ3v) is 3.89. The van der Waals surface area contributed by atoms with Crippen LogP contribution in [0.5, 0.6) is 0 Å². The van der Waals surface area contributed by atoms with E-state index in [-0.39, 0.29) is 18.5 Å². The average molecular weight is 304 g/mol. The Labute approximate surface area is 128 Å². The lowest BCUT2D eigenvalue weighted by molar-refractivity contribution is 0.130. The third-order valence-electron chi connectivity index (χ3n) is 3.89. The van der Waals surface area contributed by atoms with Gasteiger partial charge in [0.05, 0.1) is 6.10 Å². The standard InChI is InChI=1S/C17H18F2N2O/c1-11-9-21(10-22-11)14-4-5-15(17(19)7-14)12-2-3-13(8-20)16(18)6-12/h2-7,11H,8-10,20H2,1H3. The van der Waals surface area contributed by atoms with Gasteiger partial charge < -0.3 is 15.4 Å². The molecule has 5 heteroatoms. The fourth-order valence-electron chi connectivity index (χ4n) is 2.63. The average Bonchev–Trinajstić information content (AvgIpc) is 2.93. The second kappa shape index (κ2) is 6.02. The Kier molecular flexibility index (Phi) is 4.09. The minimum absolute atomic E-state index is 0.126. The smallest absolute Gasteiger partial charge is 0.133 e. The van der Waals surface area contributed by atoms with Gasteiger partial charge in [0.2, 0.25) is 0 Å². The van der Waals surface area contributed by atoms with E-state index in [1.807, 2.05) is 17.9 Å². The zero-order valence-electron chi connectivity index (χ0n) is 12.4. The monoisotopic (exact) mass is 304 g/mol. The van der Waals surface area contributed by atoms with E-state index < -0.39 is 5.82 Å². The summed E-state index contributed by atoms with van der Waals surface area (Å²) in [5.41, 5.74) is 7.51. The Balaban J connectivity index is 1.90. The normalized spacial score (nSPS) is 18.0. The lowest BCUT2D eigenvalue weighted by atomic mass is 10.0. The molecule has 2 N–H and O–H groups in total. The number of benzene rings is 2. The fraction of sp³-hybridized carbons (Fsp3) is 0.294. The van der Waals surface area contributed by atoms with E-state index in [4.69, 9.17) is 10.5 Å². The Bertz CT molecular complexity index is 690. The topological polar surface area (TPSA) is 38.5 Å². The Morgan fingerprint density at radius 1 is 1.18 bits per heavy atom. The fourth-order valence-corrected chi connectivity index (χ4v) is 2.63. The van der Waals surface area contributed by atoms with Crippen LogP contribution in [0.2, 0.25) is 0 Å². The number of rotatable bonds is 3. The van der Waals surface area contributed by atoms with Gasteiger partial charge in [-0.15, -0.1) is 0 Å². The molecule has 0 aromatic heterocycles. The molecule has 1 atom stereocenters. The summed E-state index contributed by atoms with van der Waals surface area (Å²) in [4.78, 5) is 1.97. The van der Waals surface area contributed by atoms with Gasteiger partial charge in [-0.25, -0.2) is 8.78 Å². The first-order valence-corrected chi connectivity index (χ1v) is 7.23. The quantitative estimate of drug-likeness (QED) is 0.946. The summed E-state index contributed by atoms with van der Waals surface area (Å²) >= 11 is 0. The zero-order valence-corrected chi connectivity index (χ0v) is 12.4. The molecule has 1 unspecified atom stereocenters. The maximum Gasteiger partial charge on any atom is 0.133 e. The van der Waals surface area contributed by atoms with Crippen molar-refractivity contribution in [3.05, 3.63) is 53.6 Å². The first-order valence-electron chi connectivity index (χ1n) is 7.23. The van der Waals surface area contributed by atoms with Crippen LogP contribution in [0.1, 0.15) is 12.5 Å². The van der Waals surface area contributed by atoms with E-state index in [1.54, 1.807) is 18.2 Å². The lowest BCUT2D eigenvalue weighted by Crippen LogP contribution is -2.20. The van der Waals surface area contributed by atoms with Crippen LogP contribution in [0, 0.1) is 11.6 Å². The molecule has 0 bridgehead atoms. The molecule has 0 amide bonds. The SMILES string of the molecule is CC1CN(c2ccc(-c3ccc(CN)c(F)c3)c(F)c2)CO1. The van der Waals surface area contributed by atoms with Gasteiger partial charge in [0.25, 0.3) is 0 Å². The van der Waals surface area contributed by atoms with Crippen molar-refractivity contribution in [3.63, 3.8) is 0 Å². The van der Waals surface area contributed by atoms with Crippen molar-refractivity contribution >= 4 is 5.69 Å². The van der Waals surface area contributed by atoms with Crippen LogP contribution >= 0.6 is 0 Å². The summed E-state index contributed by atoms with van der Waals surface area (Å²) in [6, 6.07) is 9.56. The largest absolute Gasteiger partial charge is 0.356 e. The van der Waals surface area contributed by atoms with Gasteiger partial charge in [0.15, 0.2) is 0 Å². The summed E-state index contributed by atoms with van der Waals surface area (Å²) in [7, 11) is 0. The summed E-state index contributed by atoms with van der Waals surface area (Å²) in [6.07, 6.45) is 0.139. The van der Waals surface area contributed by atoms with Gasteiger partial charge in [-0.05, 0) is 36.8 Å². The molecule has 22 heavy (non-hydrogen) atoms. The summed E-state index contributed by atoms with van der Waals surface area (Å²) in [5, 5.41) is 0. The molecule has 1 fully saturated rings. The minimum atomic E-state index is -0.412. The first-order chi connectivity index (χ1) is 10.6. The molecule has 0 aliphatic carbocycles. The molecular formula is C17H18F2N2O. The molecule has 0 spiro atoms. The first kappa shape index (κ1) is 14.9. The van der Waals surface area contributed by atoms with E-state index in [2.05, 4.69) is 0 Å². The summed E-state index contributed by atoms with van der Waals surface area (Å²) < 4.78 is 33.7. The van der Waals surface area contributed by atoms with Gasteiger partial charge >= 0.3 is 0 Å². The molecule has 1 aliphatic heterocycles. The number of hydrogen-bond donors (Lipinski definition) is 1. The highest BCUT2D eigenvalue weighted by atomic mass is 19.1. The maximum absolute atomic E-state index is 14.4. The predicted octanol–water partition coefficient (Wildman–Crippen LogP) is 3.27. The van der Waals surface area contributed by atoms with Crippen molar-refractivity contribution in [2.75, 3.05) is 18.2 Å². The van der Waals surface area contributed by atoms with Crippen molar-refractivity contribution in [1.29, 1.82) is 0 Å². The third kappa shape index (κ3) is 2.82. The molecule has 0 saturated carbocycles. The van der Waals surface area contributed by atoms with Crippen molar-refractivity contribution in [1.82, 2.24) is 0 Å². The molecule has 1 heterocycles. The van der Waals surface area contributed by atoms with Crippen molar-refractivity contribution in [2.45, 2.75) is 19.6 Å². The summed E-state index contributed by atoms with van der Waals surface area (Å²) in [5.74, 6) is -0.790. The van der Waals surface area contributed by atoms with Gasteiger partial charge in [-0.2, -0.15) is 0 Å². The molecule has 2 aromatic carbocycles. The molecule has 1 saturated heterocycles. The van der Waals surface area contributed by atoms with E-state index in [9.17, 15) is 8.78 Å². The van der Waals surface area contributed by atoms with Crippen LogP contribution in [0.25, 0.3) is 11.1 Å². The number of ether oxygens (including phenoxy) is 1. The van der Waals surface area contributed by atoms with Crippen LogP contribution in [-0.2, 0) is 11.3 Å². The Hall–Kier alpha value is -1.98. The van der Waals surface area contributed by atoms with Crippen LogP contribution in [0.15, 0.2) is 36.4 Å². The molecule has 3 rings (SSSR count). The van der Waals surface area contributed by atoms with Crippen LogP contribution in [0.4, 0.5) is 14.5 Å².